The van der Waals surface area contributed by atoms with E-state index in [0.717, 1.165) is 25.1 Å². The molecule has 2 N–H and O–H groups in total. The van der Waals surface area contributed by atoms with Gasteiger partial charge in [0.1, 0.15) is 5.75 Å². The highest BCUT2D eigenvalue weighted by molar-refractivity contribution is 5.36. The second kappa shape index (κ2) is 13.4. The van der Waals surface area contributed by atoms with Gasteiger partial charge in [0, 0.05) is 12.1 Å². The quantitative estimate of drug-likeness (QED) is 0.414. The van der Waals surface area contributed by atoms with E-state index in [1.807, 2.05) is 6.07 Å². The van der Waals surface area contributed by atoms with Crippen molar-refractivity contribution in [1.82, 2.24) is 5.32 Å². The van der Waals surface area contributed by atoms with Crippen molar-refractivity contribution in [2.45, 2.75) is 91.0 Å². The summed E-state index contributed by atoms with van der Waals surface area (Å²) >= 11 is 0. The number of benzene rings is 1. The molecule has 0 amide bonds. The van der Waals surface area contributed by atoms with Gasteiger partial charge < -0.3 is 10.4 Å². The number of nitrogens with one attached hydrogen (secondary N) is 1. The predicted octanol–water partition coefficient (Wildman–Crippen LogP) is 5.97. The van der Waals surface area contributed by atoms with Gasteiger partial charge in [-0.2, -0.15) is 0 Å². The summed E-state index contributed by atoms with van der Waals surface area (Å²) < 4.78 is 0. The molecule has 0 atom stereocenters. The van der Waals surface area contributed by atoms with Crippen molar-refractivity contribution in [2.24, 2.45) is 0 Å². The van der Waals surface area contributed by atoms with Crippen LogP contribution < -0.4 is 5.32 Å². The van der Waals surface area contributed by atoms with Crippen molar-refractivity contribution in [3.63, 3.8) is 0 Å². The zero-order chi connectivity index (χ0) is 16.8. The maximum absolute atomic E-state index is 10.0. The third kappa shape index (κ3) is 9.65. The van der Waals surface area contributed by atoms with Crippen molar-refractivity contribution in [1.29, 1.82) is 0 Å². The highest BCUT2D eigenvalue weighted by Crippen LogP contribution is 2.20. The molecule has 0 spiro atoms. The number of phenolic OH excluding ortho intramolecular Hbond substituents is 1. The van der Waals surface area contributed by atoms with E-state index in [9.17, 15) is 5.11 Å². The summed E-state index contributed by atoms with van der Waals surface area (Å²) in [5.74, 6) is 0.428. The van der Waals surface area contributed by atoms with E-state index in [1.165, 1.54) is 69.8 Å². The number of unbranched alkanes of at least 4 members (excludes halogenated alkanes) is 8. The molecule has 132 valence electrons. The molecule has 1 rings (SSSR count). The molecule has 23 heavy (non-hydrogen) atoms. The van der Waals surface area contributed by atoms with Crippen LogP contribution in [0.1, 0.15) is 89.2 Å². The lowest BCUT2D eigenvalue weighted by atomic mass is 10.0. The molecular formula is C21H37NO. The number of aromatic hydroxyl groups is 1. The monoisotopic (exact) mass is 319 g/mol. The van der Waals surface area contributed by atoms with Gasteiger partial charge in [-0.1, -0.05) is 77.3 Å². The van der Waals surface area contributed by atoms with Crippen LogP contribution in [0.3, 0.4) is 0 Å². The van der Waals surface area contributed by atoms with Crippen molar-refractivity contribution in [2.75, 3.05) is 6.54 Å². The Kier molecular flexibility index (Phi) is 11.7. The van der Waals surface area contributed by atoms with E-state index in [2.05, 4.69) is 31.3 Å². The minimum atomic E-state index is 0.428. The van der Waals surface area contributed by atoms with Crippen LogP contribution in [0.2, 0.25) is 0 Å². The van der Waals surface area contributed by atoms with Crippen LogP contribution in [0.25, 0.3) is 0 Å². The zero-order valence-electron chi connectivity index (χ0n) is 15.4. The average molecular weight is 320 g/mol. The smallest absolute Gasteiger partial charge is 0.120 e. The minimum absolute atomic E-state index is 0.428. The largest absolute Gasteiger partial charge is 0.508 e. The standard InChI is InChI=1S/C21H37NO/c1-3-5-7-9-10-11-13-19-14-15-21(23)20(17-19)18-22-16-12-8-6-4-2/h14-15,17,22-23H,3-13,16,18H2,1-2H3. The fourth-order valence-electron chi connectivity index (χ4n) is 2.95. The molecule has 0 saturated carbocycles. The van der Waals surface area contributed by atoms with Crippen LogP contribution in [0.15, 0.2) is 18.2 Å². The third-order valence-electron chi connectivity index (χ3n) is 4.49. The van der Waals surface area contributed by atoms with Gasteiger partial charge in [0.25, 0.3) is 0 Å². The highest BCUT2D eigenvalue weighted by atomic mass is 16.3. The molecule has 0 unspecified atom stereocenters. The van der Waals surface area contributed by atoms with E-state index in [-0.39, 0.29) is 0 Å². The van der Waals surface area contributed by atoms with Crippen molar-refractivity contribution < 1.29 is 5.11 Å². The molecule has 0 bridgehead atoms. The second-order valence-corrected chi connectivity index (χ2v) is 6.72. The lowest BCUT2D eigenvalue weighted by Crippen LogP contribution is -2.14. The minimum Gasteiger partial charge on any atom is -0.508 e. The van der Waals surface area contributed by atoms with Gasteiger partial charge >= 0.3 is 0 Å². The molecule has 2 nitrogen and oxygen atoms in total. The SMILES string of the molecule is CCCCCCCCc1ccc(O)c(CNCCCCCC)c1. The van der Waals surface area contributed by atoms with Crippen LogP contribution in [0, 0.1) is 0 Å². The van der Waals surface area contributed by atoms with Gasteiger partial charge in [0.05, 0.1) is 0 Å². The van der Waals surface area contributed by atoms with Crippen LogP contribution in [0.4, 0.5) is 0 Å². The molecule has 0 heterocycles. The van der Waals surface area contributed by atoms with Gasteiger partial charge in [-0.3, -0.25) is 0 Å². The Morgan fingerprint density at radius 3 is 2.22 bits per heavy atom. The van der Waals surface area contributed by atoms with E-state index in [1.54, 1.807) is 0 Å². The number of hydrogen-bond donors (Lipinski definition) is 2. The van der Waals surface area contributed by atoms with Gasteiger partial charge in [0.2, 0.25) is 0 Å². The average Bonchev–Trinajstić information content (AvgIpc) is 2.56. The van der Waals surface area contributed by atoms with Crippen molar-refractivity contribution in [3.8, 4) is 5.75 Å². The van der Waals surface area contributed by atoms with Crippen LogP contribution >= 0.6 is 0 Å². The maximum atomic E-state index is 10.0. The van der Waals surface area contributed by atoms with Crippen LogP contribution in [-0.4, -0.2) is 11.7 Å². The van der Waals surface area contributed by atoms with E-state index < -0.39 is 0 Å². The van der Waals surface area contributed by atoms with Crippen LogP contribution in [0.5, 0.6) is 5.75 Å². The van der Waals surface area contributed by atoms with E-state index >= 15 is 0 Å². The second-order valence-electron chi connectivity index (χ2n) is 6.72. The van der Waals surface area contributed by atoms with E-state index in [4.69, 9.17) is 0 Å². The fourth-order valence-corrected chi connectivity index (χ4v) is 2.95. The molecule has 1 aromatic carbocycles. The molecular weight excluding hydrogens is 282 g/mol. The normalized spacial score (nSPS) is 11.0. The first kappa shape index (κ1) is 20.0. The summed E-state index contributed by atoms with van der Waals surface area (Å²) in [7, 11) is 0. The Hall–Kier alpha value is -1.02. The molecule has 0 radical (unpaired) electrons. The Morgan fingerprint density at radius 1 is 0.826 bits per heavy atom. The first-order valence-corrected chi connectivity index (χ1v) is 9.79. The summed E-state index contributed by atoms with van der Waals surface area (Å²) in [5.41, 5.74) is 2.41. The summed E-state index contributed by atoms with van der Waals surface area (Å²) in [5, 5.41) is 13.5. The Labute approximate surface area is 143 Å². The fraction of sp³-hybridized carbons (Fsp3) is 0.714. The highest BCUT2D eigenvalue weighted by Gasteiger charge is 2.03. The molecule has 1 aromatic rings. The Balaban J connectivity index is 2.25. The first-order valence-electron chi connectivity index (χ1n) is 9.79. The van der Waals surface area contributed by atoms with Crippen molar-refractivity contribution >= 4 is 0 Å². The topological polar surface area (TPSA) is 32.3 Å². The summed E-state index contributed by atoms with van der Waals surface area (Å²) in [4.78, 5) is 0. The number of hydrogen-bond acceptors (Lipinski definition) is 2. The molecule has 0 aliphatic rings. The lowest BCUT2D eigenvalue weighted by molar-refractivity contribution is 0.463. The van der Waals surface area contributed by atoms with Crippen LogP contribution in [-0.2, 0) is 13.0 Å². The summed E-state index contributed by atoms with van der Waals surface area (Å²) in [6, 6.07) is 6.12. The van der Waals surface area contributed by atoms with Gasteiger partial charge in [-0.15, -0.1) is 0 Å². The number of phenols is 1. The molecule has 0 fully saturated rings. The third-order valence-corrected chi connectivity index (χ3v) is 4.49. The molecule has 0 saturated heterocycles. The molecule has 2 heteroatoms. The lowest BCUT2D eigenvalue weighted by Gasteiger charge is -2.09. The molecule has 0 aromatic heterocycles. The molecule has 0 aliphatic carbocycles. The molecule has 0 aliphatic heterocycles. The number of rotatable bonds is 14. The Morgan fingerprint density at radius 2 is 1.48 bits per heavy atom. The van der Waals surface area contributed by atoms with Gasteiger partial charge in [-0.25, -0.2) is 0 Å². The first-order chi connectivity index (χ1) is 11.3. The van der Waals surface area contributed by atoms with Gasteiger partial charge in [-0.05, 0) is 37.4 Å². The van der Waals surface area contributed by atoms with Gasteiger partial charge in [0.15, 0.2) is 0 Å². The maximum Gasteiger partial charge on any atom is 0.120 e. The number of aryl methyl sites for hydroxylation is 1. The van der Waals surface area contributed by atoms with Crippen molar-refractivity contribution in [3.05, 3.63) is 29.3 Å². The Bertz CT molecular complexity index is 403. The predicted molar refractivity (Wildman–Crippen MR) is 101 cm³/mol. The summed E-state index contributed by atoms with van der Waals surface area (Å²) in [6.07, 6.45) is 14.3. The van der Waals surface area contributed by atoms with E-state index in [0.29, 0.717) is 5.75 Å². The zero-order valence-corrected chi connectivity index (χ0v) is 15.4. The summed E-state index contributed by atoms with van der Waals surface area (Å²) in [6.45, 7) is 6.32.